The van der Waals surface area contributed by atoms with Gasteiger partial charge in [0.1, 0.15) is 5.82 Å². The molecule has 1 unspecified atom stereocenters. The topological polar surface area (TPSA) is 55.2 Å². The van der Waals surface area contributed by atoms with E-state index < -0.39 is 0 Å². The quantitative estimate of drug-likeness (QED) is 0.498. The van der Waals surface area contributed by atoms with Crippen molar-refractivity contribution < 1.29 is 4.79 Å². The minimum absolute atomic E-state index is 0.0962. The second-order valence-corrected chi connectivity index (χ2v) is 8.47. The number of carbonyl (C=O) groups is 1. The molecule has 0 fully saturated rings. The highest BCUT2D eigenvalue weighted by molar-refractivity contribution is 5.79. The summed E-state index contributed by atoms with van der Waals surface area (Å²) >= 11 is 0. The lowest BCUT2D eigenvalue weighted by atomic mass is 10.1. The third-order valence-electron chi connectivity index (χ3n) is 5.62. The van der Waals surface area contributed by atoms with Crippen LogP contribution < -0.4 is 5.56 Å². The number of hydrogen-bond donors (Lipinski definition) is 0. The molecule has 0 aliphatic heterocycles. The van der Waals surface area contributed by atoms with Crippen LogP contribution in [-0.2, 0) is 11.2 Å². The minimum Gasteiger partial charge on any atom is -0.333 e. The molecule has 1 atom stereocenters. The number of nitrogens with zero attached hydrogens (tertiary/aromatic N) is 3. The predicted molar refractivity (Wildman–Crippen MR) is 127 cm³/mol. The van der Waals surface area contributed by atoms with Gasteiger partial charge < -0.3 is 4.90 Å². The van der Waals surface area contributed by atoms with Crippen LogP contribution in [0.4, 0.5) is 0 Å². The van der Waals surface area contributed by atoms with Gasteiger partial charge in [0.2, 0.25) is 5.91 Å². The van der Waals surface area contributed by atoms with E-state index in [1.54, 1.807) is 4.57 Å². The van der Waals surface area contributed by atoms with E-state index in [0.717, 1.165) is 24.1 Å². The van der Waals surface area contributed by atoms with Gasteiger partial charge in [-0.2, -0.15) is 0 Å². The summed E-state index contributed by atoms with van der Waals surface area (Å²) in [5.41, 5.74) is 2.47. The fourth-order valence-corrected chi connectivity index (χ4v) is 4.07. The van der Waals surface area contributed by atoms with Crippen LogP contribution in [0.1, 0.15) is 64.9 Å². The largest absolute Gasteiger partial charge is 0.333 e. The molecule has 1 aromatic heterocycles. The number of benzene rings is 2. The molecule has 5 nitrogen and oxygen atoms in total. The highest BCUT2D eigenvalue weighted by atomic mass is 16.2. The van der Waals surface area contributed by atoms with Crippen LogP contribution in [0.3, 0.4) is 0 Å². The SMILES string of the molecule is CCCN(C(=O)CC(C)C)C(C)c1nc2ccccc2c(=O)n1-c1ccccc1CC. The average Bonchev–Trinajstić information content (AvgIpc) is 2.76. The van der Waals surface area contributed by atoms with Gasteiger partial charge in [-0.25, -0.2) is 4.98 Å². The average molecular weight is 420 g/mol. The van der Waals surface area contributed by atoms with Crippen molar-refractivity contribution in [1.82, 2.24) is 14.5 Å². The van der Waals surface area contributed by atoms with E-state index in [4.69, 9.17) is 4.98 Å². The Morgan fingerprint density at radius 2 is 1.71 bits per heavy atom. The van der Waals surface area contributed by atoms with Gasteiger partial charge in [0.15, 0.2) is 0 Å². The highest BCUT2D eigenvalue weighted by Gasteiger charge is 2.27. The third-order valence-corrected chi connectivity index (χ3v) is 5.62. The Bertz CT molecular complexity index is 1120. The van der Waals surface area contributed by atoms with Crippen molar-refractivity contribution in [2.45, 2.75) is 59.9 Å². The van der Waals surface area contributed by atoms with E-state index in [1.807, 2.05) is 74.2 Å². The molecule has 0 aliphatic rings. The molecule has 0 aliphatic carbocycles. The first-order chi connectivity index (χ1) is 14.9. The van der Waals surface area contributed by atoms with E-state index in [1.165, 1.54) is 0 Å². The Morgan fingerprint density at radius 1 is 1.03 bits per heavy atom. The lowest BCUT2D eigenvalue weighted by molar-refractivity contribution is -0.134. The second kappa shape index (κ2) is 9.90. The molecule has 0 bridgehead atoms. The van der Waals surface area contributed by atoms with Gasteiger partial charge in [0.25, 0.3) is 5.56 Å². The molecule has 1 heterocycles. The van der Waals surface area contributed by atoms with Crippen molar-refractivity contribution in [2.24, 2.45) is 5.92 Å². The predicted octanol–water partition coefficient (Wildman–Crippen LogP) is 5.29. The third kappa shape index (κ3) is 4.71. The van der Waals surface area contributed by atoms with E-state index in [9.17, 15) is 9.59 Å². The number of aryl methyl sites for hydroxylation is 1. The molecule has 1 amide bonds. The van der Waals surface area contributed by atoms with Gasteiger partial charge in [-0.1, -0.05) is 58.0 Å². The number of hydrogen-bond acceptors (Lipinski definition) is 3. The summed E-state index contributed by atoms with van der Waals surface area (Å²) in [7, 11) is 0. The molecule has 0 N–H and O–H groups in total. The summed E-state index contributed by atoms with van der Waals surface area (Å²) in [5, 5.41) is 0.583. The molecule has 0 saturated heterocycles. The van der Waals surface area contributed by atoms with Crippen LogP contribution in [0, 0.1) is 5.92 Å². The van der Waals surface area contributed by atoms with Crippen LogP contribution in [0.2, 0.25) is 0 Å². The summed E-state index contributed by atoms with van der Waals surface area (Å²) in [5.74, 6) is 0.976. The molecular weight excluding hydrogens is 386 g/mol. The van der Waals surface area contributed by atoms with E-state index >= 15 is 0 Å². The van der Waals surface area contributed by atoms with Crippen LogP contribution >= 0.6 is 0 Å². The summed E-state index contributed by atoms with van der Waals surface area (Å²) in [4.78, 5) is 33.6. The van der Waals surface area contributed by atoms with Gasteiger partial charge in [0, 0.05) is 13.0 Å². The van der Waals surface area contributed by atoms with Crippen LogP contribution in [-0.4, -0.2) is 26.9 Å². The molecular formula is C26H33N3O2. The van der Waals surface area contributed by atoms with E-state index in [2.05, 4.69) is 13.8 Å². The van der Waals surface area contributed by atoms with Crippen molar-refractivity contribution in [1.29, 1.82) is 0 Å². The van der Waals surface area contributed by atoms with E-state index in [0.29, 0.717) is 29.7 Å². The van der Waals surface area contributed by atoms with Gasteiger partial charge in [0.05, 0.1) is 22.6 Å². The lowest BCUT2D eigenvalue weighted by Gasteiger charge is -2.31. The number of carbonyl (C=O) groups excluding carboxylic acids is 1. The van der Waals surface area contributed by atoms with Crippen molar-refractivity contribution in [3.63, 3.8) is 0 Å². The summed E-state index contributed by atoms with van der Waals surface area (Å²) < 4.78 is 1.72. The molecule has 0 saturated carbocycles. The van der Waals surface area contributed by atoms with Gasteiger partial charge in [-0.3, -0.25) is 14.2 Å². The number of rotatable bonds is 8. The van der Waals surface area contributed by atoms with Crippen LogP contribution in [0.5, 0.6) is 0 Å². The molecule has 2 aromatic carbocycles. The standard InChI is InChI=1S/C26H33N3O2/c1-6-16-28(24(30)17-18(3)4)19(5)25-27-22-14-10-9-13-21(22)26(31)29(25)23-15-11-8-12-20(23)7-2/h8-15,18-19H,6-7,16-17H2,1-5H3. The molecule has 5 heteroatoms. The Labute approximate surface area is 184 Å². The number of aromatic nitrogens is 2. The lowest BCUT2D eigenvalue weighted by Crippen LogP contribution is -2.38. The molecule has 0 spiro atoms. The van der Waals surface area contributed by atoms with E-state index in [-0.39, 0.29) is 23.4 Å². The summed E-state index contributed by atoms with van der Waals surface area (Å²) in [6.07, 6.45) is 2.12. The Balaban J connectivity index is 2.27. The Morgan fingerprint density at radius 3 is 2.39 bits per heavy atom. The first kappa shape index (κ1) is 22.7. The summed E-state index contributed by atoms with van der Waals surface area (Å²) in [6.45, 7) is 10.9. The Hall–Kier alpha value is -2.95. The zero-order chi connectivity index (χ0) is 22.5. The zero-order valence-corrected chi connectivity index (χ0v) is 19.3. The van der Waals surface area contributed by atoms with Gasteiger partial charge >= 0.3 is 0 Å². The first-order valence-electron chi connectivity index (χ1n) is 11.3. The van der Waals surface area contributed by atoms with Crippen molar-refractivity contribution in [3.8, 4) is 5.69 Å². The van der Waals surface area contributed by atoms with Gasteiger partial charge in [-0.15, -0.1) is 0 Å². The second-order valence-electron chi connectivity index (χ2n) is 8.47. The number of amides is 1. The van der Waals surface area contributed by atoms with Crippen molar-refractivity contribution in [3.05, 3.63) is 70.3 Å². The number of para-hydroxylation sites is 2. The smallest absolute Gasteiger partial charge is 0.266 e. The Kier molecular flexibility index (Phi) is 7.26. The maximum Gasteiger partial charge on any atom is 0.266 e. The van der Waals surface area contributed by atoms with Gasteiger partial charge in [-0.05, 0) is 49.4 Å². The normalized spacial score (nSPS) is 12.3. The zero-order valence-electron chi connectivity index (χ0n) is 19.3. The van der Waals surface area contributed by atoms with Crippen LogP contribution in [0.25, 0.3) is 16.6 Å². The van der Waals surface area contributed by atoms with Crippen LogP contribution in [0.15, 0.2) is 53.3 Å². The fraction of sp³-hybridized carbons (Fsp3) is 0.423. The fourth-order valence-electron chi connectivity index (χ4n) is 4.07. The maximum atomic E-state index is 13.7. The molecule has 3 aromatic rings. The first-order valence-corrected chi connectivity index (χ1v) is 11.3. The monoisotopic (exact) mass is 419 g/mol. The molecule has 3 rings (SSSR count). The molecule has 0 radical (unpaired) electrons. The molecule has 31 heavy (non-hydrogen) atoms. The van der Waals surface area contributed by atoms with Crippen molar-refractivity contribution >= 4 is 16.8 Å². The molecule has 164 valence electrons. The minimum atomic E-state index is -0.326. The summed E-state index contributed by atoms with van der Waals surface area (Å²) in [6, 6.07) is 15.0. The maximum absolute atomic E-state index is 13.7. The number of fused-ring (bicyclic) bond motifs is 1. The highest BCUT2D eigenvalue weighted by Crippen LogP contribution is 2.26. The van der Waals surface area contributed by atoms with Crippen molar-refractivity contribution in [2.75, 3.05) is 6.54 Å².